The van der Waals surface area contributed by atoms with Crippen molar-refractivity contribution < 1.29 is 4.42 Å². The summed E-state index contributed by atoms with van der Waals surface area (Å²) in [5.41, 5.74) is 7.42. The molecule has 0 amide bonds. The van der Waals surface area contributed by atoms with Gasteiger partial charge in [0.1, 0.15) is 0 Å². The zero-order valence-electron chi connectivity index (χ0n) is 8.20. The summed E-state index contributed by atoms with van der Waals surface area (Å²) >= 11 is 3.40. The van der Waals surface area contributed by atoms with Crippen LogP contribution in [0.4, 0.5) is 0 Å². The Morgan fingerprint density at radius 2 is 2.20 bits per heavy atom. The Morgan fingerprint density at radius 1 is 1.40 bits per heavy atom. The number of nitrogens with zero attached hydrogens (tertiary/aromatic N) is 2. The van der Waals surface area contributed by atoms with Gasteiger partial charge in [-0.1, -0.05) is 22.0 Å². The van der Waals surface area contributed by atoms with Gasteiger partial charge in [0.05, 0.1) is 6.54 Å². The van der Waals surface area contributed by atoms with Gasteiger partial charge in [-0.05, 0) is 24.6 Å². The molecule has 2 aromatic rings. The maximum atomic E-state index is 5.40. The third-order valence-corrected chi connectivity index (χ3v) is 2.56. The van der Waals surface area contributed by atoms with Gasteiger partial charge in [-0.3, -0.25) is 0 Å². The van der Waals surface area contributed by atoms with Crippen molar-refractivity contribution in [3.05, 3.63) is 34.1 Å². The van der Waals surface area contributed by atoms with Gasteiger partial charge in [0.15, 0.2) is 0 Å². The molecule has 0 aliphatic carbocycles. The number of benzene rings is 1. The van der Waals surface area contributed by atoms with Crippen LogP contribution in [0, 0.1) is 6.92 Å². The van der Waals surface area contributed by atoms with E-state index >= 15 is 0 Å². The van der Waals surface area contributed by atoms with Gasteiger partial charge in [0.2, 0.25) is 11.8 Å². The number of halogens is 1. The van der Waals surface area contributed by atoms with Crippen LogP contribution in [0.3, 0.4) is 0 Å². The Balaban J connectivity index is 2.48. The Labute approximate surface area is 95.6 Å². The van der Waals surface area contributed by atoms with E-state index in [4.69, 9.17) is 10.2 Å². The van der Waals surface area contributed by atoms with E-state index in [0.717, 1.165) is 15.6 Å². The molecule has 0 atom stereocenters. The van der Waals surface area contributed by atoms with Gasteiger partial charge in [-0.15, -0.1) is 10.2 Å². The highest BCUT2D eigenvalue weighted by molar-refractivity contribution is 9.10. The second kappa shape index (κ2) is 4.12. The van der Waals surface area contributed by atoms with Gasteiger partial charge in [-0.25, -0.2) is 0 Å². The molecule has 1 aromatic carbocycles. The molecule has 4 nitrogen and oxygen atoms in total. The van der Waals surface area contributed by atoms with E-state index in [1.807, 2.05) is 25.1 Å². The van der Waals surface area contributed by atoms with Gasteiger partial charge in [0, 0.05) is 10.0 Å². The third kappa shape index (κ3) is 2.08. The zero-order chi connectivity index (χ0) is 10.8. The van der Waals surface area contributed by atoms with Crippen molar-refractivity contribution in [3.63, 3.8) is 0 Å². The second-order valence-electron chi connectivity index (χ2n) is 3.16. The van der Waals surface area contributed by atoms with E-state index in [0.29, 0.717) is 11.8 Å². The lowest BCUT2D eigenvalue weighted by atomic mass is 10.1. The molecule has 0 aliphatic rings. The highest BCUT2D eigenvalue weighted by atomic mass is 79.9. The monoisotopic (exact) mass is 267 g/mol. The molecule has 0 saturated heterocycles. The molecule has 1 heterocycles. The minimum Gasteiger partial charge on any atom is -0.419 e. The van der Waals surface area contributed by atoms with Crippen LogP contribution in [0.2, 0.25) is 0 Å². The molecular formula is C10H10BrN3O. The van der Waals surface area contributed by atoms with Crippen molar-refractivity contribution in [2.24, 2.45) is 5.73 Å². The van der Waals surface area contributed by atoms with Crippen molar-refractivity contribution in [1.29, 1.82) is 0 Å². The van der Waals surface area contributed by atoms with Gasteiger partial charge >= 0.3 is 0 Å². The topological polar surface area (TPSA) is 64.9 Å². The summed E-state index contributed by atoms with van der Waals surface area (Å²) in [7, 11) is 0. The van der Waals surface area contributed by atoms with Gasteiger partial charge < -0.3 is 10.2 Å². The highest BCUT2D eigenvalue weighted by Crippen LogP contribution is 2.25. The minimum absolute atomic E-state index is 0.264. The van der Waals surface area contributed by atoms with Crippen LogP contribution in [0.1, 0.15) is 11.5 Å². The Hall–Kier alpha value is -1.20. The number of nitrogens with two attached hydrogens (primary N) is 1. The molecule has 1 aromatic heterocycles. The van der Waals surface area contributed by atoms with Crippen LogP contribution >= 0.6 is 15.9 Å². The summed E-state index contributed by atoms with van der Waals surface area (Å²) < 4.78 is 6.37. The van der Waals surface area contributed by atoms with Crippen LogP contribution in [-0.2, 0) is 6.54 Å². The Kier molecular flexibility index (Phi) is 2.83. The summed E-state index contributed by atoms with van der Waals surface area (Å²) in [4.78, 5) is 0. The van der Waals surface area contributed by atoms with Crippen LogP contribution in [0.5, 0.6) is 0 Å². The number of hydrogen-bond donors (Lipinski definition) is 1. The Bertz CT molecular complexity index is 481. The summed E-state index contributed by atoms with van der Waals surface area (Å²) in [5.74, 6) is 0.957. The highest BCUT2D eigenvalue weighted by Gasteiger charge is 2.10. The molecule has 5 heteroatoms. The van der Waals surface area contributed by atoms with Crippen molar-refractivity contribution in [2.45, 2.75) is 13.5 Å². The number of hydrogen-bond acceptors (Lipinski definition) is 4. The van der Waals surface area contributed by atoms with E-state index in [-0.39, 0.29) is 6.54 Å². The quantitative estimate of drug-likeness (QED) is 0.907. The predicted octanol–water partition coefficient (Wildman–Crippen LogP) is 2.27. The average Bonchev–Trinajstić information content (AvgIpc) is 2.70. The molecule has 15 heavy (non-hydrogen) atoms. The molecule has 0 unspecified atom stereocenters. The molecule has 2 rings (SSSR count). The van der Waals surface area contributed by atoms with Crippen molar-refractivity contribution >= 4 is 15.9 Å². The van der Waals surface area contributed by atoms with Crippen LogP contribution in [0.25, 0.3) is 11.5 Å². The second-order valence-corrected chi connectivity index (χ2v) is 4.08. The van der Waals surface area contributed by atoms with Crippen molar-refractivity contribution in [1.82, 2.24) is 10.2 Å². The number of rotatable bonds is 2. The minimum atomic E-state index is 0.264. The molecular weight excluding hydrogens is 258 g/mol. The molecule has 0 radical (unpaired) electrons. The van der Waals surface area contributed by atoms with E-state index in [9.17, 15) is 0 Å². The summed E-state index contributed by atoms with van der Waals surface area (Å²) in [6, 6.07) is 5.91. The predicted molar refractivity (Wildman–Crippen MR) is 60.1 cm³/mol. The van der Waals surface area contributed by atoms with E-state index < -0.39 is 0 Å². The van der Waals surface area contributed by atoms with E-state index in [2.05, 4.69) is 26.1 Å². The van der Waals surface area contributed by atoms with Crippen molar-refractivity contribution in [2.75, 3.05) is 0 Å². The number of aryl methyl sites for hydroxylation is 1. The largest absolute Gasteiger partial charge is 0.419 e. The lowest BCUT2D eigenvalue weighted by molar-refractivity contribution is 0.508. The fraction of sp³-hybridized carbons (Fsp3) is 0.200. The van der Waals surface area contributed by atoms with Gasteiger partial charge in [-0.2, -0.15) is 0 Å². The van der Waals surface area contributed by atoms with E-state index in [1.54, 1.807) is 0 Å². The van der Waals surface area contributed by atoms with Crippen LogP contribution in [0.15, 0.2) is 27.1 Å². The van der Waals surface area contributed by atoms with Crippen molar-refractivity contribution in [3.8, 4) is 11.5 Å². The lowest BCUT2D eigenvalue weighted by Gasteiger charge is -2.00. The van der Waals surface area contributed by atoms with Gasteiger partial charge in [0.25, 0.3) is 0 Å². The van der Waals surface area contributed by atoms with Crippen LogP contribution in [-0.4, -0.2) is 10.2 Å². The fourth-order valence-electron chi connectivity index (χ4n) is 1.27. The standard InChI is InChI=1S/C10H10BrN3O/c1-6-2-3-7(11)4-8(6)10-14-13-9(5-12)15-10/h2-4H,5,12H2,1H3. The molecule has 78 valence electrons. The summed E-state index contributed by atoms with van der Waals surface area (Å²) in [5, 5.41) is 7.77. The zero-order valence-corrected chi connectivity index (χ0v) is 9.78. The molecule has 2 N–H and O–H groups in total. The fourth-order valence-corrected chi connectivity index (χ4v) is 1.63. The molecule has 0 bridgehead atoms. The summed E-state index contributed by atoms with van der Waals surface area (Å²) in [6.07, 6.45) is 0. The van der Waals surface area contributed by atoms with Crippen LogP contribution < -0.4 is 5.73 Å². The summed E-state index contributed by atoms with van der Waals surface area (Å²) in [6.45, 7) is 2.26. The first kappa shape index (κ1) is 10.3. The normalized spacial score (nSPS) is 10.6. The Morgan fingerprint density at radius 3 is 2.87 bits per heavy atom. The molecule has 0 aliphatic heterocycles. The maximum absolute atomic E-state index is 5.40. The average molecular weight is 268 g/mol. The van der Waals surface area contributed by atoms with E-state index in [1.165, 1.54) is 0 Å². The molecule has 0 spiro atoms. The first-order chi connectivity index (χ1) is 7.20. The first-order valence-electron chi connectivity index (χ1n) is 4.49. The third-order valence-electron chi connectivity index (χ3n) is 2.07. The number of aromatic nitrogens is 2. The first-order valence-corrected chi connectivity index (χ1v) is 5.29. The maximum Gasteiger partial charge on any atom is 0.248 e. The molecule has 0 saturated carbocycles. The molecule has 0 fully saturated rings. The smallest absolute Gasteiger partial charge is 0.248 e. The lowest BCUT2D eigenvalue weighted by Crippen LogP contribution is -1.95. The SMILES string of the molecule is Cc1ccc(Br)cc1-c1nnc(CN)o1.